The SMILES string of the molecule is C[C@@H](NC(=O)CN1C(=O)c2ccccc2S1(=O)=O)[C@@H]1CCCO1. The monoisotopic (exact) mass is 338 g/mol. The van der Waals surface area contributed by atoms with Crippen molar-refractivity contribution in [3.05, 3.63) is 29.8 Å². The summed E-state index contributed by atoms with van der Waals surface area (Å²) >= 11 is 0. The molecule has 2 amide bonds. The van der Waals surface area contributed by atoms with Crippen molar-refractivity contribution in [3.8, 4) is 0 Å². The van der Waals surface area contributed by atoms with Gasteiger partial charge in [-0.1, -0.05) is 12.1 Å². The second-order valence-corrected chi connectivity index (χ2v) is 7.55. The van der Waals surface area contributed by atoms with Crippen molar-refractivity contribution in [1.82, 2.24) is 9.62 Å². The number of benzene rings is 1. The quantitative estimate of drug-likeness (QED) is 0.864. The van der Waals surface area contributed by atoms with Crippen molar-refractivity contribution < 1.29 is 22.7 Å². The van der Waals surface area contributed by atoms with Crippen LogP contribution in [0, 0.1) is 0 Å². The van der Waals surface area contributed by atoms with Crippen LogP contribution < -0.4 is 5.32 Å². The summed E-state index contributed by atoms with van der Waals surface area (Å²) in [5.74, 6) is -1.18. The Morgan fingerprint density at radius 2 is 2.17 bits per heavy atom. The molecule has 0 spiro atoms. The number of nitrogens with zero attached hydrogens (tertiary/aromatic N) is 1. The largest absolute Gasteiger partial charge is 0.376 e. The Labute approximate surface area is 134 Å². The highest BCUT2D eigenvalue weighted by Gasteiger charge is 2.42. The third kappa shape index (κ3) is 2.84. The number of rotatable bonds is 4. The molecule has 0 saturated carbocycles. The van der Waals surface area contributed by atoms with E-state index < -0.39 is 28.4 Å². The molecule has 1 fully saturated rings. The van der Waals surface area contributed by atoms with E-state index in [0.29, 0.717) is 10.9 Å². The highest BCUT2D eigenvalue weighted by atomic mass is 32.2. The smallest absolute Gasteiger partial charge is 0.269 e. The van der Waals surface area contributed by atoms with Gasteiger partial charge in [-0.2, -0.15) is 0 Å². The Morgan fingerprint density at radius 1 is 1.43 bits per heavy atom. The normalized spacial score (nSPS) is 23.6. The van der Waals surface area contributed by atoms with Gasteiger partial charge in [0.1, 0.15) is 11.4 Å². The second-order valence-electron chi connectivity index (χ2n) is 5.72. The van der Waals surface area contributed by atoms with Crippen LogP contribution in [0.25, 0.3) is 0 Å². The van der Waals surface area contributed by atoms with Crippen molar-refractivity contribution in [3.63, 3.8) is 0 Å². The molecule has 2 atom stereocenters. The van der Waals surface area contributed by atoms with Crippen LogP contribution >= 0.6 is 0 Å². The molecule has 124 valence electrons. The minimum atomic E-state index is -3.95. The molecule has 0 aliphatic carbocycles. The Kier molecular flexibility index (Phi) is 4.11. The van der Waals surface area contributed by atoms with E-state index in [9.17, 15) is 18.0 Å². The molecule has 0 unspecified atom stereocenters. The number of fused-ring (bicyclic) bond motifs is 1. The van der Waals surface area contributed by atoms with Crippen molar-refractivity contribution >= 4 is 21.8 Å². The topological polar surface area (TPSA) is 92.8 Å². The van der Waals surface area contributed by atoms with Gasteiger partial charge in [-0.05, 0) is 31.9 Å². The molecule has 1 aromatic rings. The number of carbonyl (C=O) groups is 2. The first-order valence-electron chi connectivity index (χ1n) is 7.48. The first-order valence-corrected chi connectivity index (χ1v) is 8.92. The molecule has 7 nitrogen and oxygen atoms in total. The summed E-state index contributed by atoms with van der Waals surface area (Å²) in [5.41, 5.74) is 0.104. The van der Waals surface area contributed by atoms with Crippen molar-refractivity contribution in [2.45, 2.75) is 36.8 Å². The van der Waals surface area contributed by atoms with Crippen LogP contribution in [0.4, 0.5) is 0 Å². The molecule has 2 heterocycles. The third-order valence-corrected chi connectivity index (χ3v) is 5.90. The summed E-state index contributed by atoms with van der Waals surface area (Å²) in [6.07, 6.45) is 1.73. The predicted molar refractivity (Wildman–Crippen MR) is 81.2 cm³/mol. The van der Waals surface area contributed by atoms with Crippen molar-refractivity contribution in [2.75, 3.05) is 13.2 Å². The number of hydrogen-bond acceptors (Lipinski definition) is 5. The van der Waals surface area contributed by atoms with Gasteiger partial charge in [0.05, 0.1) is 17.7 Å². The van der Waals surface area contributed by atoms with E-state index in [1.165, 1.54) is 12.1 Å². The van der Waals surface area contributed by atoms with Crippen LogP contribution in [0.3, 0.4) is 0 Å². The van der Waals surface area contributed by atoms with E-state index in [1.54, 1.807) is 12.1 Å². The summed E-state index contributed by atoms with van der Waals surface area (Å²) in [6, 6.07) is 5.73. The fourth-order valence-electron chi connectivity index (χ4n) is 2.91. The first-order chi connectivity index (χ1) is 10.9. The fraction of sp³-hybridized carbons (Fsp3) is 0.467. The van der Waals surface area contributed by atoms with Gasteiger partial charge >= 0.3 is 0 Å². The van der Waals surface area contributed by atoms with Gasteiger partial charge in [0.15, 0.2) is 0 Å². The van der Waals surface area contributed by atoms with Gasteiger partial charge in [-0.25, -0.2) is 12.7 Å². The number of carbonyl (C=O) groups excluding carboxylic acids is 2. The highest BCUT2D eigenvalue weighted by molar-refractivity contribution is 7.90. The predicted octanol–water partition coefficient (Wildman–Crippen LogP) is 0.515. The van der Waals surface area contributed by atoms with Crippen LogP contribution in [0.2, 0.25) is 0 Å². The Hall–Kier alpha value is -1.93. The molecule has 2 aliphatic rings. The number of sulfonamides is 1. The minimum Gasteiger partial charge on any atom is -0.376 e. The van der Waals surface area contributed by atoms with Gasteiger partial charge < -0.3 is 10.1 Å². The van der Waals surface area contributed by atoms with Crippen molar-refractivity contribution in [2.24, 2.45) is 0 Å². The van der Waals surface area contributed by atoms with Crippen LogP contribution in [-0.2, 0) is 19.6 Å². The molecule has 1 saturated heterocycles. The summed E-state index contributed by atoms with van der Waals surface area (Å²) in [7, 11) is -3.95. The molecule has 1 aromatic carbocycles. The lowest BCUT2D eigenvalue weighted by molar-refractivity contribution is -0.122. The van der Waals surface area contributed by atoms with Crippen molar-refractivity contribution in [1.29, 1.82) is 0 Å². The summed E-state index contributed by atoms with van der Waals surface area (Å²) in [4.78, 5) is 24.3. The average Bonchev–Trinajstić information content (AvgIpc) is 3.11. The number of amides is 2. The van der Waals surface area contributed by atoms with Gasteiger partial charge in [0.25, 0.3) is 15.9 Å². The zero-order valence-corrected chi connectivity index (χ0v) is 13.5. The van der Waals surface area contributed by atoms with Crippen LogP contribution in [0.15, 0.2) is 29.2 Å². The maximum absolute atomic E-state index is 12.4. The van der Waals surface area contributed by atoms with E-state index in [0.717, 1.165) is 12.8 Å². The lowest BCUT2D eigenvalue weighted by Crippen LogP contribution is -2.46. The van der Waals surface area contributed by atoms with Gasteiger partial charge in [0.2, 0.25) is 5.91 Å². The molecule has 1 N–H and O–H groups in total. The van der Waals surface area contributed by atoms with E-state index in [1.807, 2.05) is 6.92 Å². The molecule has 23 heavy (non-hydrogen) atoms. The molecule has 8 heteroatoms. The molecule has 2 aliphatic heterocycles. The fourth-order valence-corrected chi connectivity index (χ4v) is 4.43. The molecule has 3 rings (SSSR count). The lowest BCUT2D eigenvalue weighted by atomic mass is 10.1. The minimum absolute atomic E-state index is 0.0509. The number of hydrogen-bond donors (Lipinski definition) is 1. The Bertz CT molecular complexity index is 740. The maximum atomic E-state index is 12.4. The average molecular weight is 338 g/mol. The van der Waals surface area contributed by atoms with E-state index >= 15 is 0 Å². The zero-order chi connectivity index (χ0) is 16.6. The Balaban J connectivity index is 1.71. The maximum Gasteiger partial charge on any atom is 0.269 e. The number of ether oxygens (including phenoxy) is 1. The first kappa shape index (κ1) is 15.9. The molecular weight excluding hydrogens is 320 g/mol. The van der Waals surface area contributed by atoms with E-state index in [4.69, 9.17) is 4.74 Å². The second kappa shape index (κ2) is 5.93. The molecule has 0 aromatic heterocycles. The molecule has 0 bridgehead atoms. The summed E-state index contributed by atoms with van der Waals surface area (Å²) in [6.45, 7) is 1.95. The van der Waals surface area contributed by atoms with E-state index in [-0.39, 0.29) is 22.6 Å². The van der Waals surface area contributed by atoms with Crippen LogP contribution in [-0.4, -0.2) is 49.8 Å². The van der Waals surface area contributed by atoms with Crippen LogP contribution in [0.1, 0.15) is 30.1 Å². The highest BCUT2D eigenvalue weighted by Crippen LogP contribution is 2.29. The zero-order valence-electron chi connectivity index (χ0n) is 12.7. The number of nitrogens with one attached hydrogen (secondary N) is 1. The van der Waals surface area contributed by atoms with Gasteiger partial charge in [0, 0.05) is 6.61 Å². The standard InChI is InChI=1S/C15H18N2O5S/c1-10(12-6-4-8-22-12)16-14(18)9-17-15(19)11-5-2-3-7-13(11)23(17,20)21/h2-3,5,7,10,12H,4,6,8-9H2,1H3,(H,16,18)/t10-,12+/m1/s1. The molecule has 0 radical (unpaired) electrons. The lowest BCUT2D eigenvalue weighted by Gasteiger charge is -2.21. The molecular formula is C15H18N2O5S. The Morgan fingerprint density at radius 3 is 2.83 bits per heavy atom. The van der Waals surface area contributed by atoms with E-state index in [2.05, 4.69) is 5.32 Å². The summed E-state index contributed by atoms with van der Waals surface area (Å²) in [5, 5.41) is 2.71. The van der Waals surface area contributed by atoms with Crippen LogP contribution in [0.5, 0.6) is 0 Å². The van der Waals surface area contributed by atoms with Gasteiger partial charge in [-0.3, -0.25) is 9.59 Å². The van der Waals surface area contributed by atoms with Gasteiger partial charge in [-0.15, -0.1) is 0 Å². The third-order valence-electron chi connectivity index (χ3n) is 4.11. The summed E-state index contributed by atoms with van der Waals surface area (Å²) < 4.78 is 30.9.